The Hall–Kier alpha value is -1.55. The molecule has 1 saturated carbocycles. The Bertz CT molecular complexity index is 428. The molecule has 0 spiro atoms. The first-order chi connectivity index (χ1) is 9.08. The quantitative estimate of drug-likeness (QED) is 0.671. The van der Waals surface area contributed by atoms with Crippen molar-refractivity contribution in [1.82, 2.24) is 0 Å². The van der Waals surface area contributed by atoms with Crippen molar-refractivity contribution in [3.63, 3.8) is 0 Å². The summed E-state index contributed by atoms with van der Waals surface area (Å²) in [5.74, 6) is -0.152. The zero-order valence-electron chi connectivity index (χ0n) is 11.5. The number of esters is 1. The second kappa shape index (κ2) is 6.06. The van der Waals surface area contributed by atoms with Crippen LogP contribution in [0.25, 0.3) is 0 Å². The molecule has 1 aromatic carbocycles. The smallest absolute Gasteiger partial charge is 0.316 e. The van der Waals surface area contributed by atoms with Crippen molar-refractivity contribution in [2.75, 3.05) is 19.0 Å². The number of hydrogen-bond acceptors (Lipinski definition) is 4. The van der Waals surface area contributed by atoms with Gasteiger partial charge in [0.15, 0.2) is 0 Å². The highest BCUT2D eigenvalue weighted by molar-refractivity contribution is 5.76. The highest BCUT2D eigenvalue weighted by atomic mass is 16.5. The van der Waals surface area contributed by atoms with Crippen LogP contribution in [0.3, 0.4) is 0 Å². The summed E-state index contributed by atoms with van der Waals surface area (Å²) in [5.41, 5.74) is 1.05. The van der Waals surface area contributed by atoms with Crippen molar-refractivity contribution < 1.29 is 14.6 Å². The van der Waals surface area contributed by atoms with E-state index in [-0.39, 0.29) is 11.9 Å². The lowest BCUT2D eigenvalue weighted by atomic mass is 9.87. The minimum Gasteiger partial charge on any atom is -0.426 e. The first-order valence-electron chi connectivity index (χ1n) is 6.75. The van der Waals surface area contributed by atoms with Crippen molar-refractivity contribution in [1.29, 1.82) is 0 Å². The van der Waals surface area contributed by atoms with Gasteiger partial charge in [0, 0.05) is 19.8 Å². The zero-order chi connectivity index (χ0) is 13.8. The molecule has 1 aliphatic rings. The minimum atomic E-state index is -0.553. The maximum Gasteiger partial charge on any atom is 0.316 e. The van der Waals surface area contributed by atoms with E-state index in [0.717, 1.165) is 24.9 Å². The third-order valence-corrected chi connectivity index (χ3v) is 3.60. The van der Waals surface area contributed by atoms with Crippen LogP contribution in [-0.4, -0.2) is 31.3 Å². The molecule has 2 rings (SSSR count). The standard InChI is InChI=1S/C15H21NO3/c1-16(2)11-7-9-12(10-8-11)19-15(18)13-5-3-4-6-14(13)17/h7-10,13-14,17H,3-6H2,1-2H3/t13-,14-/m1/s1. The summed E-state index contributed by atoms with van der Waals surface area (Å²) in [6.45, 7) is 0. The Morgan fingerprint density at radius 3 is 2.42 bits per heavy atom. The number of benzene rings is 1. The molecule has 2 atom stereocenters. The maximum absolute atomic E-state index is 12.0. The molecule has 0 aliphatic heterocycles. The highest BCUT2D eigenvalue weighted by Gasteiger charge is 2.30. The van der Waals surface area contributed by atoms with Gasteiger partial charge in [-0.1, -0.05) is 12.8 Å². The van der Waals surface area contributed by atoms with Gasteiger partial charge in [0.1, 0.15) is 5.75 Å². The van der Waals surface area contributed by atoms with E-state index in [0.29, 0.717) is 12.2 Å². The summed E-state index contributed by atoms with van der Waals surface area (Å²) in [4.78, 5) is 14.0. The Morgan fingerprint density at radius 1 is 1.21 bits per heavy atom. The number of hydrogen-bond donors (Lipinski definition) is 1. The van der Waals surface area contributed by atoms with Gasteiger partial charge in [-0.2, -0.15) is 0 Å². The molecule has 1 N–H and O–H groups in total. The molecule has 0 amide bonds. The summed E-state index contributed by atoms with van der Waals surface area (Å²) in [6.07, 6.45) is 2.83. The summed E-state index contributed by atoms with van der Waals surface area (Å²) in [7, 11) is 3.92. The van der Waals surface area contributed by atoms with Crippen molar-refractivity contribution in [2.24, 2.45) is 5.92 Å². The summed E-state index contributed by atoms with van der Waals surface area (Å²) in [6, 6.07) is 7.37. The predicted octanol–water partition coefficient (Wildman–Crippen LogP) is 2.21. The number of carbonyl (C=O) groups excluding carboxylic acids is 1. The molecule has 1 aliphatic carbocycles. The fraction of sp³-hybridized carbons (Fsp3) is 0.533. The van der Waals surface area contributed by atoms with Gasteiger partial charge in [0.25, 0.3) is 0 Å². The molecular weight excluding hydrogens is 242 g/mol. The second-order valence-corrected chi connectivity index (χ2v) is 5.27. The van der Waals surface area contributed by atoms with Crippen LogP contribution in [0.2, 0.25) is 0 Å². The van der Waals surface area contributed by atoms with Gasteiger partial charge in [-0.25, -0.2) is 0 Å². The van der Waals surface area contributed by atoms with E-state index in [4.69, 9.17) is 4.74 Å². The Balaban J connectivity index is 1.98. The lowest BCUT2D eigenvalue weighted by Gasteiger charge is -2.25. The van der Waals surface area contributed by atoms with E-state index < -0.39 is 6.10 Å². The maximum atomic E-state index is 12.0. The first kappa shape index (κ1) is 13.9. The Kier molecular flexibility index (Phi) is 4.43. The lowest BCUT2D eigenvalue weighted by molar-refractivity contribution is -0.144. The van der Waals surface area contributed by atoms with Gasteiger partial charge in [0.05, 0.1) is 12.0 Å². The van der Waals surface area contributed by atoms with Crippen LogP contribution in [0, 0.1) is 5.92 Å². The van der Waals surface area contributed by atoms with Crippen LogP contribution in [0.1, 0.15) is 25.7 Å². The fourth-order valence-corrected chi connectivity index (χ4v) is 2.39. The van der Waals surface area contributed by atoms with Crippen LogP contribution >= 0.6 is 0 Å². The second-order valence-electron chi connectivity index (χ2n) is 5.27. The van der Waals surface area contributed by atoms with E-state index >= 15 is 0 Å². The number of aliphatic hydroxyl groups excluding tert-OH is 1. The topological polar surface area (TPSA) is 49.8 Å². The van der Waals surface area contributed by atoms with Gasteiger partial charge in [-0.05, 0) is 37.1 Å². The molecule has 0 aromatic heterocycles. The molecule has 4 nitrogen and oxygen atoms in total. The Labute approximate surface area is 114 Å². The van der Waals surface area contributed by atoms with E-state index in [1.165, 1.54) is 0 Å². The number of rotatable bonds is 3. The van der Waals surface area contributed by atoms with E-state index in [2.05, 4.69) is 0 Å². The molecule has 4 heteroatoms. The van der Waals surface area contributed by atoms with Gasteiger partial charge in [-0.15, -0.1) is 0 Å². The van der Waals surface area contributed by atoms with E-state index in [1.54, 1.807) is 12.1 Å². The average molecular weight is 263 g/mol. The van der Waals surface area contributed by atoms with Crippen molar-refractivity contribution in [3.05, 3.63) is 24.3 Å². The zero-order valence-corrected chi connectivity index (χ0v) is 11.5. The van der Waals surface area contributed by atoms with Gasteiger partial charge >= 0.3 is 5.97 Å². The third-order valence-electron chi connectivity index (χ3n) is 3.60. The Morgan fingerprint density at radius 2 is 1.84 bits per heavy atom. The van der Waals surface area contributed by atoms with Crippen LogP contribution in [0.4, 0.5) is 5.69 Å². The number of nitrogens with zero attached hydrogens (tertiary/aromatic N) is 1. The minimum absolute atomic E-state index is 0.315. The fourth-order valence-electron chi connectivity index (χ4n) is 2.39. The first-order valence-corrected chi connectivity index (χ1v) is 6.75. The van der Waals surface area contributed by atoms with Crippen LogP contribution < -0.4 is 9.64 Å². The number of ether oxygens (including phenoxy) is 1. The SMILES string of the molecule is CN(C)c1ccc(OC(=O)[C@@H]2CCCC[C@H]2O)cc1. The number of carbonyl (C=O) groups is 1. The van der Waals surface area contributed by atoms with Crippen LogP contribution in [0.15, 0.2) is 24.3 Å². The van der Waals surface area contributed by atoms with E-state index in [9.17, 15) is 9.90 Å². The van der Waals surface area contributed by atoms with Crippen molar-refractivity contribution in [3.8, 4) is 5.75 Å². The lowest BCUT2D eigenvalue weighted by Crippen LogP contribution is -2.34. The molecule has 0 unspecified atom stereocenters. The molecule has 1 aromatic rings. The number of aliphatic hydroxyl groups is 1. The molecule has 104 valence electrons. The van der Waals surface area contributed by atoms with Crippen molar-refractivity contribution in [2.45, 2.75) is 31.8 Å². The molecule has 0 bridgehead atoms. The predicted molar refractivity (Wildman–Crippen MR) is 74.4 cm³/mol. The van der Waals surface area contributed by atoms with Crippen LogP contribution in [0.5, 0.6) is 5.75 Å². The average Bonchev–Trinajstić information content (AvgIpc) is 2.39. The molecule has 19 heavy (non-hydrogen) atoms. The largest absolute Gasteiger partial charge is 0.426 e. The van der Waals surface area contributed by atoms with Gasteiger partial charge < -0.3 is 14.7 Å². The van der Waals surface area contributed by atoms with Gasteiger partial charge in [-0.3, -0.25) is 4.79 Å². The van der Waals surface area contributed by atoms with Crippen molar-refractivity contribution >= 4 is 11.7 Å². The molecule has 0 radical (unpaired) electrons. The summed E-state index contributed by atoms with van der Waals surface area (Å²) in [5, 5.41) is 9.83. The third kappa shape index (κ3) is 3.47. The summed E-state index contributed by atoms with van der Waals surface area (Å²) < 4.78 is 5.34. The number of anilines is 1. The van der Waals surface area contributed by atoms with E-state index in [1.807, 2.05) is 31.1 Å². The van der Waals surface area contributed by atoms with Gasteiger partial charge in [0.2, 0.25) is 0 Å². The molecule has 0 saturated heterocycles. The van der Waals surface area contributed by atoms with Crippen LogP contribution in [-0.2, 0) is 4.79 Å². The molecular formula is C15H21NO3. The molecule has 0 heterocycles. The summed E-state index contributed by atoms with van der Waals surface area (Å²) >= 11 is 0. The monoisotopic (exact) mass is 263 g/mol. The highest BCUT2D eigenvalue weighted by Crippen LogP contribution is 2.26. The normalized spacial score (nSPS) is 22.9. The molecule has 1 fully saturated rings.